The van der Waals surface area contributed by atoms with Crippen LogP contribution >= 0.6 is 23.2 Å². The smallest absolute Gasteiger partial charge is 0.216 e. The SMILES string of the molecule is O=S(=O)(Cc1ccc(Cl)c(Cl)c1)NC(CCO)C1CC1. The second-order valence-electron chi connectivity index (χ2n) is 5.08. The molecule has 112 valence electrons. The summed E-state index contributed by atoms with van der Waals surface area (Å²) in [5.41, 5.74) is 0.588. The number of halogens is 2. The van der Waals surface area contributed by atoms with Crippen molar-refractivity contribution < 1.29 is 13.5 Å². The Balaban J connectivity index is 2.04. The van der Waals surface area contributed by atoms with E-state index < -0.39 is 10.0 Å². The van der Waals surface area contributed by atoms with Crippen molar-refractivity contribution in [2.75, 3.05) is 6.61 Å². The zero-order chi connectivity index (χ0) is 14.8. The molecule has 7 heteroatoms. The Morgan fingerprint density at radius 2 is 2.00 bits per heavy atom. The van der Waals surface area contributed by atoms with Crippen LogP contribution in [0.3, 0.4) is 0 Å². The third kappa shape index (κ3) is 4.60. The van der Waals surface area contributed by atoms with Crippen LogP contribution in [-0.2, 0) is 15.8 Å². The lowest BCUT2D eigenvalue weighted by Crippen LogP contribution is -2.37. The predicted octanol–water partition coefficient (Wildman–Crippen LogP) is 2.57. The molecule has 0 saturated heterocycles. The molecule has 2 N–H and O–H groups in total. The second-order valence-corrected chi connectivity index (χ2v) is 7.65. The molecule has 20 heavy (non-hydrogen) atoms. The fourth-order valence-corrected chi connectivity index (χ4v) is 3.94. The first-order chi connectivity index (χ1) is 9.41. The van der Waals surface area contributed by atoms with Gasteiger partial charge in [-0.25, -0.2) is 13.1 Å². The molecule has 0 amide bonds. The molecule has 0 aromatic heterocycles. The number of aliphatic hydroxyl groups excluding tert-OH is 1. The number of hydrogen-bond donors (Lipinski definition) is 2. The zero-order valence-electron chi connectivity index (χ0n) is 10.9. The summed E-state index contributed by atoms with van der Waals surface area (Å²) in [5, 5.41) is 9.74. The highest BCUT2D eigenvalue weighted by Crippen LogP contribution is 2.34. The van der Waals surface area contributed by atoms with Gasteiger partial charge in [-0.2, -0.15) is 0 Å². The van der Waals surface area contributed by atoms with E-state index in [4.69, 9.17) is 28.3 Å². The lowest BCUT2D eigenvalue weighted by Gasteiger charge is -2.17. The van der Waals surface area contributed by atoms with E-state index >= 15 is 0 Å². The molecule has 4 nitrogen and oxygen atoms in total. The van der Waals surface area contributed by atoms with E-state index in [1.54, 1.807) is 18.2 Å². The van der Waals surface area contributed by atoms with Gasteiger partial charge in [0, 0.05) is 12.6 Å². The first-order valence-electron chi connectivity index (χ1n) is 6.46. The molecule has 0 heterocycles. The van der Waals surface area contributed by atoms with Crippen molar-refractivity contribution in [2.45, 2.75) is 31.1 Å². The lowest BCUT2D eigenvalue weighted by molar-refractivity contribution is 0.265. The molecule has 0 radical (unpaired) electrons. The van der Waals surface area contributed by atoms with E-state index in [1.807, 2.05) is 0 Å². The number of nitrogens with one attached hydrogen (secondary N) is 1. The number of benzene rings is 1. The third-order valence-corrected chi connectivity index (χ3v) is 5.42. The molecule has 0 spiro atoms. The predicted molar refractivity (Wildman–Crippen MR) is 80.4 cm³/mol. The Kier molecular flexibility index (Phi) is 5.31. The fourth-order valence-electron chi connectivity index (χ4n) is 2.15. The zero-order valence-corrected chi connectivity index (χ0v) is 13.2. The molecule has 2 rings (SSSR count). The van der Waals surface area contributed by atoms with Crippen LogP contribution in [-0.4, -0.2) is 26.2 Å². The van der Waals surface area contributed by atoms with Crippen LogP contribution in [0.2, 0.25) is 10.0 Å². The number of rotatable bonds is 7. The molecule has 0 aliphatic heterocycles. The van der Waals surface area contributed by atoms with Gasteiger partial charge in [-0.1, -0.05) is 29.3 Å². The van der Waals surface area contributed by atoms with Gasteiger partial charge in [0.15, 0.2) is 0 Å². The van der Waals surface area contributed by atoms with Gasteiger partial charge in [0.1, 0.15) is 0 Å². The highest BCUT2D eigenvalue weighted by Gasteiger charge is 2.33. The molecule has 1 atom stereocenters. The van der Waals surface area contributed by atoms with Crippen LogP contribution in [0.25, 0.3) is 0 Å². The average molecular weight is 338 g/mol. The van der Waals surface area contributed by atoms with Gasteiger partial charge in [-0.15, -0.1) is 0 Å². The normalized spacial score (nSPS) is 17.1. The van der Waals surface area contributed by atoms with Gasteiger partial charge in [0.05, 0.1) is 15.8 Å². The van der Waals surface area contributed by atoms with Crippen molar-refractivity contribution in [3.8, 4) is 0 Å². The van der Waals surface area contributed by atoms with Crippen LogP contribution in [0.15, 0.2) is 18.2 Å². The Bertz CT molecular complexity index is 573. The maximum atomic E-state index is 12.1. The van der Waals surface area contributed by atoms with Crippen molar-refractivity contribution >= 4 is 33.2 Å². The summed E-state index contributed by atoms with van der Waals surface area (Å²) in [7, 11) is -3.45. The van der Waals surface area contributed by atoms with E-state index in [0.29, 0.717) is 27.9 Å². The average Bonchev–Trinajstić information content (AvgIpc) is 3.17. The molecule has 1 saturated carbocycles. The maximum absolute atomic E-state index is 12.1. The van der Waals surface area contributed by atoms with Gasteiger partial charge >= 0.3 is 0 Å². The Labute approximate surface area is 129 Å². The number of aliphatic hydroxyl groups is 1. The molecule has 1 unspecified atom stereocenters. The quantitative estimate of drug-likeness (QED) is 0.803. The summed E-state index contributed by atoms with van der Waals surface area (Å²) in [6.45, 7) is -0.0174. The highest BCUT2D eigenvalue weighted by atomic mass is 35.5. The highest BCUT2D eigenvalue weighted by molar-refractivity contribution is 7.88. The van der Waals surface area contributed by atoms with Crippen molar-refractivity contribution in [2.24, 2.45) is 5.92 Å². The molecule has 1 aliphatic carbocycles. The minimum Gasteiger partial charge on any atom is -0.396 e. The van der Waals surface area contributed by atoms with E-state index in [-0.39, 0.29) is 18.4 Å². The minimum absolute atomic E-state index is 0.0174. The second kappa shape index (κ2) is 6.62. The fraction of sp³-hybridized carbons (Fsp3) is 0.538. The third-order valence-electron chi connectivity index (χ3n) is 3.30. The Hall–Kier alpha value is -0.330. The summed E-state index contributed by atoms with van der Waals surface area (Å²) in [6, 6.07) is 4.61. The van der Waals surface area contributed by atoms with Gasteiger partial charge in [-0.05, 0) is 42.9 Å². The molecule has 0 bridgehead atoms. The first-order valence-corrected chi connectivity index (χ1v) is 8.87. The number of hydrogen-bond acceptors (Lipinski definition) is 3. The van der Waals surface area contributed by atoms with Crippen molar-refractivity contribution in [3.05, 3.63) is 33.8 Å². The van der Waals surface area contributed by atoms with E-state index in [9.17, 15) is 8.42 Å². The van der Waals surface area contributed by atoms with Crippen LogP contribution in [0.5, 0.6) is 0 Å². The Morgan fingerprint density at radius 1 is 1.30 bits per heavy atom. The van der Waals surface area contributed by atoms with E-state index in [2.05, 4.69) is 4.72 Å². The van der Waals surface area contributed by atoms with Crippen molar-refractivity contribution in [3.63, 3.8) is 0 Å². The minimum atomic E-state index is -3.45. The Morgan fingerprint density at radius 3 is 2.55 bits per heavy atom. The summed E-state index contributed by atoms with van der Waals surface area (Å²) in [6.07, 6.45) is 2.48. The summed E-state index contributed by atoms with van der Waals surface area (Å²) in [5.74, 6) is 0.212. The largest absolute Gasteiger partial charge is 0.396 e. The molecule has 1 aromatic carbocycles. The molecule has 1 aliphatic rings. The molecule has 1 aromatic rings. The standard InChI is InChI=1S/C13H17Cl2NO3S/c14-11-4-1-9(7-12(11)15)8-20(18,19)16-13(5-6-17)10-2-3-10/h1,4,7,10,13,16-17H,2-3,5-6,8H2. The number of sulfonamides is 1. The first kappa shape index (κ1) is 16.0. The van der Waals surface area contributed by atoms with Crippen LogP contribution in [0.4, 0.5) is 0 Å². The van der Waals surface area contributed by atoms with Gasteiger partial charge in [0.2, 0.25) is 10.0 Å². The topological polar surface area (TPSA) is 66.4 Å². The molecule has 1 fully saturated rings. The molecular formula is C13H17Cl2NO3S. The van der Waals surface area contributed by atoms with Crippen molar-refractivity contribution in [1.82, 2.24) is 4.72 Å². The van der Waals surface area contributed by atoms with Gasteiger partial charge in [-0.3, -0.25) is 0 Å². The molecular weight excluding hydrogens is 321 g/mol. The van der Waals surface area contributed by atoms with E-state index in [0.717, 1.165) is 12.8 Å². The summed E-state index contributed by atoms with van der Waals surface area (Å²) in [4.78, 5) is 0. The maximum Gasteiger partial charge on any atom is 0.216 e. The van der Waals surface area contributed by atoms with E-state index in [1.165, 1.54) is 0 Å². The van der Waals surface area contributed by atoms with Gasteiger partial charge < -0.3 is 5.11 Å². The summed E-state index contributed by atoms with van der Waals surface area (Å²) < 4.78 is 27.0. The monoisotopic (exact) mass is 337 g/mol. The summed E-state index contributed by atoms with van der Waals surface area (Å²) >= 11 is 11.7. The van der Waals surface area contributed by atoms with Crippen LogP contribution in [0, 0.1) is 5.92 Å². The van der Waals surface area contributed by atoms with Gasteiger partial charge in [0.25, 0.3) is 0 Å². The van der Waals surface area contributed by atoms with Crippen LogP contribution < -0.4 is 4.72 Å². The van der Waals surface area contributed by atoms with Crippen molar-refractivity contribution in [1.29, 1.82) is 0 Å². The lowest BCUT2D eigenvalue weighted by atomic mass is 10.1. The van der Waals surface area contributed by atoms with Crippen LogP contribution in [0.1, 0.15) is 24.8 Å².